The minimum absolute atomic E-state index is 0.168. The standard InChI is InChI=1S/C14H29F2N3/c1-14(2,3)7-11-6-12(18-8-13(15)16)10-19(9-11)5-4-17/h11-13,18H,4-10,17H2,1-3H3. The maximum Gasteiger partial charge on any atom is 0.250 e. The lowest BCUT2D eigenvalue weighted by Crippen LogP contribution is -2.51. The number of nitrogens with zero attached hydrogens (tertiary/aromatic N) is 1. The van der Waals surface area contributed by atoms with Gasteiger partial charge in [-0.1, -0.05) is 20.8 Å². The van der Waals surface area contributed by atoms with Crippen LogP contribution in [-0.2, 0) is 0 Å². The van der Waals surface area contributed by atoms with E-state index in [0.29, 0.717) is 12.5 Å². The second-order valence-electron chi connectivity index (χ2n) is 6.91. The molecular weight excluding hydrogens is 248 g/mol. The summed E-state index contributed by atoms with van der Waals surface area (Å²) < 4.78 is 24.6. The van der Waals surface area contributed by atoms with Crippen LogP contribution in [0.5, 0.6) is 0 Å². The number of nitrogens with one attached hydrogen (secondary N) is 1. The molecule has 19 heavy (non-hydrogen) atoms. The molecule has 2 unspecified atom stereocenters. The van der Waals surface area contributed by atoms with Gasteiger partial charge in [0.1, 0.15) is 0 Å². The number of halogens is 2. The highest BCUT2D eigenvalue weighted by molar-refractivity contribution is 4.85. The van der Waals surface area contributed by atoms with Gasteiger partial charge in [-0.15, -0.1) is 0 Å². The monoisotopic (exact) mass is 277 g/mol. The number of rotatable bonds is 6. The Morgan fingerprint density at radius 1 is 1.32 bits per heavy atom. The van der Waals surface area contributed by atoms with Gasteiger partial charge >= 0.3 is 0 Å². The lowest BCUT2D eigenvalue weighted by molar-refractivity contribution is 0.0962. The predicted molar refractivity (Wildman–Crippen MR) is 75.5 cm³/mol. The Morgan fingerprint density at radius 2 is 2.00 bits per heavy atom. The van der Waals surface area contributed by atoms with Gasteiger partial charge in [0.25, 0.3) is 6.43 Å². The highest BCUT2D eigenvalue weighted by atomic mass is 19.3. The number of likely N-dealkylation sites (tertiary alicyclic amines) is 1. The van der Waals surface area contributed by atoms with Gasteiger partial charge in [-0.05, 0) is 24.2 Å². The van der Waals surface area contributed by atoms with E-state index in [1.807, 2.05) is 0 Å². The number of nitrogens with two attached hydrogens (primary N) is 1. The van der Waals surface area contributed by atoms with E-state index in [9.17, 15) is 8.78 Å². The molecular formula is C14H29F2N3. The smallest absolute Gasteiger partial charge is 0.250 e. The van der Waals surface area contributed by atoms with Crippen LogP contribution in [0, 0.1) is 11.3 Å². The molecule has 0 aliphatic carbocycles. The number of hydrogen-bond acceptors (Lipinski definition) is 3. The first kappa shape index (κ1) is 16.8. The second kappa shape index (κ2) is 7.50. The second-order valence-corrected chi connectivity index (χ2v) is 6.91. The molecule has 1 aliphatic heterocycles. The minimum Gasteiger partial charge on any atom is -0.329 e. The van der Waals surface area contributed by atoms with Gasteiger partial charge in [-0.2, -0.15) is 0 Å². The van der Waals surface area contributed by atoms with E-state index in [-0.39, 0.29) is 18.0 Å². The van der Waals surface area contributed by atoms with Gasteiger partial charge in [0, 0.05) is 32.2 Å². The van der Waals surface area contributed by atoms with Crippen molar-refractivity contribution >= 4 is 0 Å². The molecule has 1 aliphatic rings. The first-order valence-corrected chi connectivity index (χ1v) is 7.24. The van der Waals surface area contributed by atoms with E-state index in [4.69, 9.17) is 5.73 Å². The molecule has 1 heterocycles. The van der Waals surface area contributed by atoms with Gasteiger partial charge in [0.05, 0.1) is 6.54 Å². The predicted octanol–water partition coefficient (Wildman–Crippen LogP) is 1.93. The number of hydrogen-bond donors (Lipinski definition) is 2. The third-order valence-electron chi connectivity index (χ3n) is 3.52. The average molecular weight is 277 g/mol. The van der Waals surface area contributed by atoms with Crippen LogP contribution >= 0.6 is 0 Å². The minimum atomic E-state index is -2.27. The fraction of sp³-hybridized carbons (Fsp3) is 1.00. The molecule has 0 aromatic rings. The SMILES string of the molecule is CC(C)(C)CC1CC(NCC(F)F)CN(CCN)C1. The quantitative estimate of drug-likeness (QED) is 0.779. The summed E-state index contributed by atoms with van der Waals surface area (Å²) in [5.41, 5.74) is 5.90. The molecule has 3 N–H and O–H groups in total. The van der Waals surface area contributed by atoms with Crippen molar-refractivity contribution in [3.8, 4) is 0 Å². The van der Waals surface area contributed by atoms with Crippen molar-refractivity contribution in [2.45, 2.75) is 46.1 Å². The van der Waals surface area contributed by atoms with Crippen LogP contribution in [0.4, 0.5) is 8.78 Å². The van der Waals surface area contributed by atoms with Gasteiger partial charge < -0.3 is 16.0 Å². The zero-order chi connectivity index (χ0) is 14.5. The van der Waals surface area contributed by atoms with Crippen LogP contribution in [0.2, 0.25) is 0 Å². The molecule has 0 radical (unpaired) electrons. The first-order valence-electron chi connectivity index (χ1n) is 7.24. The largest absolute Gasteiger partial charge is 0.329 e. The molecule has 3 nitrogen and oxygen atoms in total. The van der Waals surface area contributed by atoms with Crippen molar-refractivity contribution in [1.29, 1.82) is 0 Å². The molecule has 114 valence electrons. The molecule has 1 rings (SSSR count). The fourth-order valence-electron chi connectivity index (χ4n) is 3.09. The van der Waals surface area contributed by atoms with Crippen LogP contribution in [0.1, 0.15) is 33.6 Å². The molecule has 2 atom stereocenters. The maximum absolute atomic E-state index is 12.3. The molecule has 1 fully saturated rings. The molecule has 0 saturated carbocycles. The Balaban J connectivity index is 2.52. The Hall–Kier alpha value is -0.260. The van der Waals surface area contributed by atoms with E-state index in [0.717, 1.165) is 32.5 Å². The zero-order valence-corrected chi connectivity index (χ0v) is 12.5. The van der Waals surface area contributed by atoms with Crippen molar-refractivity contribution in [2.75, 3.05) is 32.7 Å². The molecule has 0 spiro atoms. The Bertz CT molecular complexity index is 254. The molecule has 0 bridgehead atoms. The molecule has 5 heteroatoms. The summed E-state index contributed by atoms with van der Waals surface area (Å²) in [7, 11) is 0. The van der Waals surface area contributed by atoms with Crippen LogP contribution in [0.25, 0.3) is 0 Å². The molecule has 0 amide bonds. The summed E-state index contributed by atoms with van der Waals surface area (Å²) in [6.45, 7) is 9.86. The van der Waals surface area contributed by atoms with Crippen LogP contribution in [-0.4, -0.2) is 50.1 Å². The van der Waals surface area contributed by atoms with Crippen LogP contribution in [0.15, 0.2) is 0 Å². The van der Waals surface area contributed by atoms with Crippen molar-refractivity contribution in [3.05, 3.63) is 0 Å². The van der Waals surface area contributed by atoms with Crippen molar-refractivity contribution < 1.29 is 8.78 Å². The Kier molecular flexibility index (Phi) is 6.63. The number of alkyl halides is 2. The maximum atomic E-state index is 12.3. The van der Waals surface area contributed by atoms with E-state index in [1.54, 1.807) is 0 Å². The lowest BCUT2D eigenvalue weighted by Gasteiger charge is -2.40. The summed E-state index contributed by atoms with van der Waals surface area (Å²) in [4.78, 5) is 2.31. The van der Waals surface area contributed by atoms with Crippen molar-refractivity contribution in [1.82, 2.24) is 10.2 Å². The first-order chi connectivity index (χ1) is 8.80. The Labute approximate surface area is 115 Å². The van der Waals surface area contributed by atoms with Gasteiger partial charge in [-0.25, -0.2) is 8.78 Å². The molecule has 0 aromatic heterocycles. The summed E-state index contributed by atoms with van der Waals surface area (Å²) in [6.07, 6.45) is -0.155. The van der Waals surface area contributed by atoms with Gasteiger partial charge in [0.2, 0.25) is 0 Å². The van der Waals surface area contributed by atoms with Crippen LogP contribution < -0.4 is 11.1 Å². The summed E-state index contributed by atoms with van der Waals surface area (Å²) in [5.74, 6) is 0.565. The summed E-state index contributed by atoms with van der Waals surface area (Å²) >= 11 is 0. The topological polar surface area (TPSA) is 41.3 Å². The molecule has 1 saturated heterocycles. The lowest BCUT2D eigenvalue weighted by atomic mass is 9.80. The summed E-state index contributed by atoms with van der Waals surface area (Å²) in [6, 6.07) is 0.168. The zero-order valence-electron chi connectivity index (χ0n) is 12.5. The van der Waals surface area contributed by atoms with E-state index < -0.39 is 6.43 Å². The van der Waals surface area contributed by atoms with Gasteiger partial charge in [-0.3, -0.25) is 0 Å². The Morgan fingerprint density at radius 3 is 2.53 bits per heavy atom. The van der Waals surface area contributed by atoms with E-state index in [2.05, 4.69) is 31.0 Å². The van der Waals surface area contributed by atoms with Crippen LogP contribution in [0.3, 0.4) is 0 Å². The average Bonchev–Trinajstić information content (AvgIpc) is 2.24. The molecule has 0 aromatic carbocycles. The van der Waals surface area contributed by atoms with Gasteiger partial charge in [0.15, 0.2) is 0 Å². The van der Waals surface area contributed by atoms with E-state index >= 15 is 0 Å². The van der Waals surface area contributed by atoms with E-state index in [1.165, 1.54) is 0 Å². The third kappa shape index (κ3) is 7.18. The highest BCUT2D eigenvalue weighted by Crippen LogP contribution is 2.30. The van der Waals surface area contributed by atoms with Crippen molar-refractivity contribution in [3.63, 3.8) is 0 Å². The normalized spacial score (nSPS) is 26.1. The van der Waals surface area contributed by atoms with Crippen molar-refractivity contribution in [2.24, 2.45) is 17.1 Å². The summed E-state index contributed by atoms with van der Waals surface area (Å²) in [5, 5.41) is 2.99. The number of piperidine rings is 1. The highest BCUT2D eigenvalue weighted by Gasteiger charge is 2.29. The third-order valence-corrected chi connectivity index (χ3v) is 3.52. The fourth-order valence-corrected chi connectivity index (χ4v) is 3.09.